The van der Waals surface area contributed by atoms with E-state index in [1.54, 1.807) is 31.4 Å². The summed E-state index contributed by atoms with van der Waals surface area (Å²) >= 11 is 0. The van der Waals surface area contributed by atoms with Crippen LogP contribution < -0.4 is 24.6 Å². The summed E-state index contributed by atoms with van der Waals surface area (Å²) in [5.74, 6) is 2.01. The Hall–Kier alpha value is -6.46. The quantitative estimate of drug-likeness (QED) is 0.127. The van der Waals surface area contributed by atoms with Crippen molar-refractivity contribution < 1.29 is 38.1 Å². The number of fused-ring (bicyclic) bond motifs is 6. The summed E-state index contributed by atoms with van der Waals surface area (Å²) in [5.41, 5.74) is 2.69. The molecule has 17 heteroatoms. The van der Waals surface area contributed by atoms with Crippen LogP contribution in [0.25, 0.3) is 32.9 Å². The molecule has 4 amide bonds. The number of piperazine rings is 1. The summed E-state index contributed by atoms with van der Waals surface area (Å²) in [6.07, 6.45) is 9.29. The van der Waals surface area contributed by atoms with Crippen LogP contribution in [0, 0.1) is 46.2 Å². The first-order chi connectivity index (χ1) is 35.9. The standard InChI is InChI=1S/C57H62FN9O7/c1-73-52-45-49(47(58)48(60-52)40-25-37(68)22-34-4-2-3-5-38(34)40)61-55(62-50(45)66-17-12-35-23-42-46(35)57(42)26-33(27-57)29-66)74-31-56(13-14-56)30-64-20-18-63(19-21-64)28-32-10-15-65(16-11-32)36-6-7-39-41(24-36)54(72)67(53(39)71)43-8-9-44(69)59-51(43)70/h2-7,22,24-25,32-33,35,42-43,46,68H,8-21,23,26-31H2,1H3,(H,59,69,70). The largest absolute Gasteiger partial charge is 0.508 e. The zero-order chi connectivity index (χ0) is 50.2. The van der Waals surface area contributed by atoms with Gasteiger partial charge in [0.25, 0.3) is 11.8 Å². The van der Waals surface area contributed by atoms with Gasteiger partial charge in [-0.2, -0.15) is 9.97 Å². The highest BCUT2D eigenvalue weighted by atomic mass is 19.1. The number of carbonyl (C=O) groups is 4. The van der Waals surface area contributed by atoms with Crippen LogP contribution in [0.2, 0.25) is 0 Å². The number of hydrogen-bond donors (Lipinski definition) is 2. The average Bonchev–Trinajstić information content (AvgIpc) is 4.32. The number of phenolic OH excluding ortho intramolecular Hbond substituents is 1. The molecule has 2 bridgehead atoms. The van der Waals surface area contributed by atoms with Crippen molar-refractivity contribution in [1.29, 1.82) is 0 Å². The first kappa shape index (κ1) is 46.1. The molecule has 0 radical (unpaired) electrons. The lowest BCUT2D eigenvalue weighted by atomic mass is 9.70. The number of amides is 4. The van der Waals surface area contributed by atoms with Gasteiger partial charge in [-0.1, -0.05) is 24.3 Å². The lowest BCUT2D eigenvalue weighted by Gasteiger charge is -2.40. The van der Waals surface area contributed by atoms with Crippen LogP contribution in [0.3, 0.4) is 0 Å². The number of rotatable bonds is 12. The molecule has 5 aromatic rings. The number of aromatic hydroxyl groups is 1. The predicted octanol–water partition coefficient (Wildman–Crippen LogP) is 6.67. The highest BCUT2D eigenvalue weighted by molar-refractivity contribution is 6.23. The van der Waals surface area contributed by atoms with Gasteiger partial charge in [-0.05, 0) is 134 Å². The van der Waals surface area contributed by atoms with Crippen LogP contribution in [0.5, 0.6) is 17.6 Å². The van der Waals surface area contributed by atoms with E-state index in [4.69, 9.17) is 24.4 Å². The maximum absolute atomic E-state index is 17.5. The van der Waals surface area contributed by atoms with Crippen molar-refractivity contribution in [2.24, 2.45) is 40.4 Å². The lowest BCUT2D eigenvalue weighted by molar-refractivity contribution is -0.136. The van der Waals surface area contributed by atoms with Gasteiger partial charge in [-0.3, -0.25) is 29.4 Å². The van der Waals surface area contributed by atoms with Gasteiger partial charge in [0.2, 0.25) is 17.7 Å². The summed E-state index contributed by atoms with van der Waals surface area (Å²) in [6, 6.07) is 15.4. The van der Waals surface area contributed by atoms with E-state index in [0.717, 1.165) is 137 Å². The minimum Gasteiger partial charge on any atom is -0.508 e. The molecule has 74 heavy (non-hydrogen) atoms. The van der Waals surface area contributed by atoms with E-state index in [1.807, 2.05) is 30.3 Å². The monoisotopic (exact) mass is 1000 g/mol. The molecule has 8 heterocycles. The van der Waals surface area contributed by atoms with E-state index in [0.29, 0.717) is 51.8 Å². The number of nitrogens with zero attached hydrogens (tertiary/aromatic N) is 8. The second-order valence-corrected chi connectivity index (χ2v) is 23.4. The molecule has 15 rings (SSSR count). The number of carbonyl (C=O) groups excluding carboxylic acids is 4. The number of phenols is 1. The third kappa shape index (κ3) is 7.60. The molecule has 6 aliphatic heterocycles. The van der Waals surface area contributed by atoms with E-state index >= 15 is 4.39 Å². The molecule has 16 nitrogen and oxygen atoms in total. The number of anilines is 2. The number of ether oxygens (including phenoxy) is 2. The number of nitrogens with one attached hydrogen (secondary N) is 1. The molecule has 4 atom stereocenters. The number of benzene rings is 3. The second kappa shape index (κ2) is 17.3. The van der Waals surface area contributed by atoms with Crippen molar-refractivity contribution in [3.63, 3.8) is 0 Å². The van der Waals surface area contributed by atoms with Crippen LogP contribution >= 0.6 is 0 Å². The summed E-state index contributed by atoms with van der Waals surface area (Å²) in [6.45, 7) is 9.68. The number of aromatic nitrogens is 3. The van der Waals surface area contributed by atoms with Crippen LogP contribution in [0.15, 0.2) is 54.6 Å². The molecule has 3 aromatic carbocycles. The SMILES string of the molecule is COc1nc(-c2cc(O)cc3ccccc23)c(F)c2nc(OCC3(CN4CCN(CC5CCN(c6ccc7c(c6)C(=O)N(C6CCC(=O)NC6=O)C7=O)CC5)CC4)CC3)nc(N3CCC4CC5C4C54CC(C3)C4)c12. The van der Waals surface area contributed by atoms with Gasteiger partial charge in [0, 0.05) is 88.5 Å². The van der Waals surface area contributed by atoms with E-state index in [9.17, 15) is 24.3 Å². The van der Waals surface area contributed by atoms with Gasteiger partial charge in [0.1, 0.15) is 34.2 Å². The molecular formula is C57H62FN9O7. The Bertz CT molecular complexity index is 3180. The maximum Gasteiger partial charge on any atom is 0.319 e. The Labute approximate surface area is 428 Å². The Morgan fingerprint density at radius 2 is 1.59 bits per heavy atom. The fourth-order valence-corrected chi connectivity index (χ4v) is 15.0. The van der Waals surface area contributed by atoms with Gasteiger partial charge in [0.05, 0.1) is 24.8 Å². The number of imide groups is 2. The molecule has 4 saturated carbocycles. The topological polar surface area (TPSA) is 174 Å². The fourth-order valence-electron chi connectivity index (χ4n) is 15.0. The van der Waals surface area contributed by atoms with Crippen LogP contribution in [0.1, 0.15) is 84.9 Å². The molecule has 4 unspecified atom stereocenters. The highest BCUT2D eigenvalue weighted by Crippen LogP contribution is 2.82. The third-order valence-electron chi connectivity index (χ3n) is 19.1. The minimum absolute atomic E-state index is 0.0184. The molecule has 5 saturated heterocycles. The molecule has 9 fully saturated rings. The zero-order valence-corrected chi connectivity index (χ0v) is 41.9. The smallest absolute Gasteiger partial charge is 0.319 e. The number of hydrogen-bond acceptors (Lipinski definition) is 14. The zero-order valence-electron chi connectivity index (χ0n) is 41.9. The van der Waals surface area contributed by atoms with Crippen LogP contribution in [-0.4, -0.2) is 144 Å². The van der Waals surface area contributed by atoms with Crippen molar-refractivity contribution in [3.05, 3.63) is 71.5 Å². The summed E-state index contributed by atoms with van der Waals surface area (Å²) in [4.78, 5) is 76.7. The lowest BCUT2D eigenvalue weighted by Crippen LogP contribution is -2.54. The van der Waals surface area contributed by atoms with Crippen molar-refractivity contribution in [2.75, 3.05) is 89.0 Å². The Balaban J connectivity index is 0.635. The summed E-state index contributed by atoms with van der Waals surface area (Å²) in [7, 11) is 1.56. The van der Waals surface area contributed by atoms with Crippen molar-refractivity contribution in [1.82, 2.24) is 35.0 Å². The normalized spacial score (nSPS) is 28.5. The number of methoxy groups -OCH3 is 1. The molecule has 2 N–H and O–H groups in total. The first-order valence-electron chi connectivity index (χ1n) is 27.1. The second-order valence-electron chi connectivity index (χ2n) is 23.4. The summed E-state index contributed by atoms with van der Waals surface area (Å²) in [5, 5.41) is 15.1. The van der Waals surface area contributed by atoms with Crippen LogP contribution in [-0.2, 0) is 9.59 Å². The first-order valence-corrected chi connectivity index (χ1v) is 27.1. The molecule has 384 valence electrons. The molecule has 2 aromatic heterocycles. The van der Waals surface area contributed by atoms with Gasteiger partial charge in [0.15, 0.2) is 5.82 Å². The Morgan fingerprint density at radius 3 is 2.38 bits per heavy atom. The highest BCUT2D eigenvalue weighted by Gasteiger charge is 2.77. The molecular weight excluding hydrogens is 942 g/mol. The molecule has 10 aliphatic rings. The third-order valence-corrected chi connectivity index (χ3v) is 19.1. The van der Waals surface area contributed by atoms with Gasteiger partial charge < -0.3 is 34.2 Å². The van der Waals surface area contributed by atoms with E-state index in [2.05, 4.69) is 24.9 Å². The van der Waals surface area contributed by atoms with E-state index < -0.39 is 35.5 Å². The van der Waals surface area contributed by atoms with Gasteiger partial charge in [-0.25, -0.2) is 9.37 Å². The number of pyridine rings is 1. The predicted molar refractivity (Wildman–Crippen MR) is 274 cm³/mol. The minimum atomic E-state index is -0.979. The maximum atomic E-state index is 17.5. The number of piperidine rings is 2. The molecule has 1 spiro atoms. The summed E-state index contributed by atoms with van der Waals surface area (Å²) < 4.78 is 30.1. The Morgan fingerprint density at radius 1 is 0.824 bits per heavy atom. The van der Waals surface area contributed by atoms with Gasteiger partial charge >= 0.3 is 6.01 Å². The van der Waals surface area contributed by atoms with E-state index in [-0.39, 0.29) is 47.1 Å². The Kier molecular flexibility index (Phi) is 10.8. The van der Waals surface area contributed by atoms with Crippen LogP contribution in [0.4, 0.5) is 15.9 Å². The van der Waals surface area contributed by atoms with E-state index in [1.165, 1.54) is 19.3 Å². The van der Waals surface area contributed by atoms with Gasteiger partial charge in [-0.15, -0.1) is 0 Å². The fraction of sp³-hybridized carbons (Fsp3) is 0.526. The average molecular weight is 1000 g/mol. The number of halogens is 1. The van der Waals surface area contributed by atoms with Crippen molar-refractivity contribution in [3.8, 4) is 28.9 Å². The van der Waals surface area contributed by atoms with Crippen molar-refractivity contribution in [2.45, 2.75) is 70.3 Å². The van der Waals surface area contributed by atoms with Crippen molar-refractivity contribution >= 4 is 56.8 Å². The molecule has 4 aliphatic carbocycles.